The molecule has 0 unspecified atom stereocenters. The lowest BCUT2D eigenvalue weighted by Gasteiger charge is -2.31. The summed E-state index contributed by atoms with van der Waals surface area (Å²) < 4.78 is 12.0. The number of halogens is 2. The molecule has 0 aliphatic carbocycles. The molecular formula is C44H42Cl2N6O4. The van der Waals surface area contributed by atoms with Gasteiger partial charge in [0.15, 0.2) is 0 Å². The van der Waals surface area contributed by atoms with Gasteiger partial charge in [0.1, 0.15) is 17.1 Å². The maximum absolute atomic E-state index is 15.2. The Hall–Kier alpha value is -5.58. The van der Waals surface area contributed by atoms with Crippen LogP contribution in [0.4, 0.5) is 5.69 Å². The van der Waals surface area contributed by atoms with Gasteiger partial charge in [0.05, 0.1) is 46.3 Å². The van der Waals surface area contributed by atoms with Gasteiger partial charge in [-0.15, -0.1) is 0 Å². The van der Waals surface area contributed by atoms with Crippen molar-refractivity contribution < 1.29 is 19.4 Å². The van der Waals surface area contributed by atoms with Gasteiger partial charge in [-0.3, -0.25) is 14.5 Å². The quantitative estimate of drug-likeness (QED) is 0.138. The predicted molar refractivity (Wildman–Crippen MR) is 222 cm³/mol. The van der Waals surface area contributed by atoms with E-state index in [1.807, 2.05) is 101 Å². The smallest absolute Gasteiger partial charge is 0.352 e. The van der Waals surface area contributed by atoms with E-state index in [2.05, 4.69) is 9.55 Å². The summed E-state index contributed by atoms with van der Waals surface area (Å²) in [4.78, 5) is 34.2. The molecule has 1 amide bonds. The van der Waals surface area contributed by atoms with Gasteiger partial charge in [0, 0.05) is 58.9 Å². The first-order chi connectivity index (χ1) is 26.8. The first-order valence-corrected chi connectivity index (χ1v) is 19.4. The first kappa shape index (κ1) is 37.3. The number of nitrogens with zero attached hydrogens (tertiary/aromatic N) is 6. The van der Waals surface area contributed by atoms with Crippen molar-refractivity contribution in [3.8, 4) is 16.9 Å². The fourth-order valence-electron chi connectivity index (χ4n) is 8.39. The molecule has 0 saturated heterocycles. The Kier molecular flexibility index (Phi) is 9.66. The normalized spacial score (nSPS) is 12.9. The number of carbonyl (C=O) groups excluding carboxylic acids is 1. The van der Waals surface area contributed by atoms with Crippen LogP contribution in [-0.4, -0.2) is 54.0 Å². The Morgan fingerprint density at radius 2 is 1.70 bits per heavy atom. The van der Waals surface area contributed by atoms with Gasteiger partial charge in [-0.05, 0) is 112 Å². The highest BCUT2D eigenvalue weighted by atomic mass is 35.5. The van der Waals surface area contributed by atoms with Crippen molar-refractivity contribution in [3.05, 3.63) is 128 Å². The Bertz CT molecular complexity index is 2720. The van der Waals surface area contributed by atoms with Crippen LogP contribution in [0.1, 0.15) is 66.7 Å². The molecule has 56 heavy (non-hydrogen) atoms. The molecule has 0 bridgehead atoms. The Balaban J connectivity index is 1.26. The third-order valence-electron chi connectivity index (χ3n) is 11.0. The van der Waals surface area contributed by atoms with Crippen LogP contribution in [0.25, 0.3) is 32.9 Å². The molecule has 0 fully saturated rings. The summed E-state index contributed by atoms with van der Waals surface area (Å²) in [5, 5.41) is 18.1. The predicted octanol–water partition coefficient (Wildman–Crippen LogP) is 9.66. The second kappa shape index (κ2) is 14.5. The van der Waals surface area contributed by atoms with Crippen LogP contribution in [0.15, 0.2) is 66.9 Å². The minimum Gasteiger partial charge on any atom is -0.494 e. The van der Waals surface area contributed by atoms with Crippen molar-refractivity contribution in [1.82, 2.24) is 23.9 Å². The topological polar surface area (TPSA) is 107 Å². The fraction of sp³-hybridized carbons (Fsp3) is 0.273. The molecule has 8 rings (SSSR count). The molecule has 1 aliphatic heterocycles. The zero-order chi connectivity index (χ0) is 39.6. The van der Waals surface area contributed by atoms with Gasteiger partial charge in [0.25, 0.3) is 5.91 Å². The highest BCUT2D eigenvalue weighted by molar-refractivity contribution is 6.35. The van der Waals surface area contributed by atoms with E-state index in [4.69, 9.17) is 33.0 Å². The summed E-state index contributed by atoms with van der Waals surface area (Å²) in [5.74, 6) is -0.465. The van der Waals surface area contributed by atoms with Crippen molar-refractivity contribution in [1.29, 1.82) is 0 Å². The van der Waals surface area contributed by atoms with E-state index < -0.39 is 5.97 Å². The number of carboxylic acids is 1. The number of hydrogen-bond acceptors (Lipinski definition) is 5. The summed E-state index contributed by atoms with van der Waals surface area (Å²) in [6.45, 7) is 11.4. The molecule has 0 saturated carbocycles. The summed E-state index contributed by atoms with van der Waals surface area (Å²) in [6.07, 6.45) is 2.94. The number of pyridine rings is 1. The SMILES string of the molecule is Cc1ccnc(Cn2c(C(=O)O)cc3cccc(N4CCn5c(c(CCCOc6cc(C)c(Cl)c(C)c6)c6ccc(Cl)c(-c7c(C)nn(C)c7C)c65)C4=O)c32)c1. The number of ether oxygens (including phenoxy) is 1. The number of amides is 1. The summed E-state index contributed by atoms with van der Waals surface area (Å²) in [7, 11) is 1.92. The number of rotatable bonds is 10. The van der Waals surface area contributed by atoms with E-state index in [1.54, 1.807) is 21.7 Å². The van der Waals surface area contributed by atoms with Gasteiger partial charge < -0.3 is 23.9 Å². The van der Waals surface area contributed by atoms with Gasteiger partial charge in [-0.25, -0.2) is 4.79 Å². The maximum atomic E-state index is 15.2. The van der Waals surface area contributed by atoms with Crippen LogP contribution in [0.3, 0.4) is 0 Å². The number of hydrogen-bond donors (Lipinski definition) is 1. The number of fused-ring (bicyclic) bond motifs is 4. The lowest BCUT2D eigenvalue weighted by atomic mass is 9.98. The standard InChI is InChI=1S/C44H42Cl2N6O4/c1-24-14-15-47-30(19-24)23-52-36(44(54)55)22-29-9-7-11-35(40(29)52)50-16-17-51-41-33(12-13-34(45)38(41)37-27(4)48-49(6)28(37)5)32(42(51)43(50)53)10-8-18-56-31-20-25(2)39(46)26(3)21-31/h7,9,11-15,19-22H,8,10,16-18,23H2,1-6H3,(H,54,55). The molecule has 1 N–H and O–H groups in total. The average Bonchev–Trinajstić information content (AvgIpc) is 3.77. The molecule has 4 aromatic heterocycles. The number of carboxylic acid groups (broad SMARTS) is 1. The molecular weight excluding hydrogens is 747 g/mol. The molecule has 0 spiro atoms. The van der Waals surface area contributed by atoms with Crippen LogP contribution >= 0.6 is 23.2 Å². The lowest BCUT2D eigenvalue weighted by Crippen LogP contribution is -2.41. The van der Waals surface area contributed by atoms with Crippen LogP contribution in [0.2, 0.25) is 10.0 Å². The van der Waals surface area contributed by atoms with E-state index in [0.29, 0.717) is 54.5 Å². The van der Waals surface area contributed by atoms with Crippen molar-refractivity contribution in [2.24, 2.45) is 7.05 Å². The molecule has 0 radical (unpaired) electrons. The average molecular weight is 790 g/mol. The molecule has 7 aromatic rings. The number of aryl methyl sites for hydroxylation is 6. The molecule has 3 aromatic carbocycles. The lowest BCUT2D eigenvalue weighted by molar-refractivity contribution is 0.0686. The minimum absolute atomic E-state index is 0.127. The van der Waals surface area contributed by atoms with E-state index >= 15 is 4.79 Å². The van der Waals surface area contributed by atoms with Crippen molar-refractivity contribution >= 4 is 62.6 Å². The van der Waals surface area contributed by atoms with Crippen LogP contribution in [0.5, 0.6) is 5.75 Å². The summed E-state index contributed by atoms with van der Waals surface area (Å²) >= 11 is 13.5. The van der Waals surface area contributed by atoms with Gasteiger partial charge >= 0.3 is 5.97 Å². The van der Waals surface area contributed by atoms with Crippen LogP contribution in [-0.2, 0) is 26.6 Å². The van der Waals surface area contributed by atoms with Crippen molar-refractivity contribution in [2.75, 3.05) is 18.1 Å². The second-order valence-corrected chi connectivity index (χ2v) is 15.5. The van der Waals surface area contributed by atoms with Gasteiger partial charge in [-0.1, -0.05) is 41.4 Å². The summed E-state index contributed by atoms with van der Waals surface area (Å²) in [5.41, 5.74) is 11.1. The summed E-state index contributed by atoms with van der Waals surface area (Å²) in [6, 6.07) is 19.0. The fourth-order valence-corrected chi connectivity index (χ4v) is 8.74. The number of aromatic carboxylic acids is 1. The Morgan fingerprint density at radius 3 is 2.39 bits per heavy atom. The number of para-hydroxylation sites is 1. The van der Waals surface area contributed by atoms with E-state index in [1.165, 1.54) is 0 Å². The number of anilines is 1. The first-order valence-electron chi connectivity index (χ1n) is 18.7. The van der Waals surface area contributed by atoms with Crippen LogP contribution < -0.4 is 9.64 Å². The Labute approximate surface area is 334 Å². The molecule has 286 valence electrons. The Morgan fingerprint density at radius 1 is 0.929 bits per heavy atom. The molecule has 12 heteroatoms. The highest BCUT2D eigenvalue weighted by Crippen LogP contribution is 2.44. The number of carbonyl (C=O) groups is 2. The molecule has 1 aliphatic rings. The third kappa shape index (κ3) is 6.30. The second-order valence-electron chi connectivity index (χ2n) is 14.7. The zero-order valence-electron chi connectivity index (χ0n) is 32.2. The minimum atomic E-state index is -1.05. The highest BCUT2D eigenvalue weighted by Gasteiger charge is 2.35. The van der Waals surface area contributed by atoms with E-state index in [9.17, 15) is 9.90 Å². The third-order valence-corrected chi connectivity index (χ3v) is 11.9. The van der Waals surface area contributed by atoms with E-state index in [0.717, 1.165) is 77.5 Å². The molecule has 10 nitrogen and oxygen atoms in total. The van der Waals surface area contributed by atoms with Gasteiger partial charge in [0.2, 0.25) is 0 Å². The monoisotopic (exact) mass is 788 g/mol. The van der Waals surface area contributed by atoms with Gasteiger partial charge in [-0.2, -0.15) is 5.10 Å². The largest absolute Gasteiger partial charge is 0.494 e. The molecule has 5 heterocycles. The van der Waals surface area contributed by atoms with Crippen molar-refractivity contribution in [2.45, 2.75) is 60.5 Å². The number of benzene rings is 3. The number of aromatic nitrogens is 5. The maximum Gasteiger partial charge on any atom is 0.352 e. The van der Waals surface area contributed by atoms with Crippen molar-refractivity contribution in [3.63, 3.8) is 0 Å². The zero-order valence-corrected chi connectivity index (χ0v) is 33.7. The van der Waals surface area contributed by atoms with E-state index in [-0.39, 0.29) is 18.1 Å². The molecule has 0 atom stereocenters. The van der Waals surface area contributed by atoms with Crippen LogP contribution in [0, 0.1) is 34.6 Å².